The van der Waals surface area contributed by atoms with Gasteiger partial charge in [0.25, 0.3) is 0 Å². The summed E-state index contributed by atoms with van der Waals surface area (Å²) in [5.74, 6) is -0.822. The van der Waals surface area contributed by atoms with Crippen molar-refractivity contribution in [3.8, 4) is 0 Å². The van der Waals surface area contributed by atoms with Gasteiger partial charge >= 0.3 is 6.09 Å². The minimum Gasteiger partial charge on any atom is -0.444 e. The molecule has 1 aromatic rings. The van der Waals surface area contributed by atoms with Crippen LogP contribution in [0.25, 0.3) is 0 Å². The number of pyridine rings is 1. The SMILES string of the molecule is [2H]C1(c2ccc(Br)cn2)CN(C(=O)OC(C)(C)C)C1. The van der Waals surface area contributed by atoms with Crippen molar-refractivity contribution >= 4 is 22.0 Å². The highest BCUT2D eigenvalue weighted by Crippen LogP contribution is 2.27. The Morgan fingerprint density at radius 2 is 2.22 bits per heavy atom. The number of aromatic nitrogens is 1. The van der Waals surface area contributed by atoms with Crippen molar-refractivity contribution in [2.24, 2.45) is 0 Å². The maximum absolute atomic E-state index is 11.8. The van der Waals surface area contributed by atoms with Crippen molar-refractivity contribution in [3.63, 3.8) is 0 Å². The molecule has 1 saturated heterocycles. The van der Waals surface area contributed by atoms with Gasteiger partial charge in [0.15, 0.2) is 0 Å². The Bertz CT molecular complexity index is 478. The van der Waals surface area contributed by atoms with Crippen LogP contribution in [0.1, 0.15) is 33.7 Å². The van der Waals surface area contributed by atoms with E-state index < -0.39 is 11.5 Å². The smallest absolute Gasteiger partial charge is 0.410 e. The fourth-order valence-electron chi connectivity index (χ4n) is 1.62. The number of carbonyl (C=O) groups is 1. The molecule has 4 nitrogen and oxygen atoms in total. The summed E-state index contributed by atoms with van der Waals surface area (Å²) < 4.78 is 14.4. The average Bonchev–Trinajstić information content (AvgIpc) is 2.23. The van der Waals surface area contributed by atoms with E-state index in [2.05, 4.69) is 20.9 Å². The summed E-state index contributed by atoms with van der Waals surface area (Å²) in [5, 5.41) is 0. The highest BCUT2D eigenvalue weighted by molar-refractivity contribution is 9.10. The number of nitrogens with zero attached hydrogens (tertiary/aromatic N) is 2. The van der Waals surface area contributed by atoms with Crippen LogP contribution in [0.15, 0.2) is 22.8 Å². The van der Waals surface area contributed by atoms with Crippen LogP contribution in [0.4, 0.5) is 4.79 Å². The normalized spacial score (nSPS) is 18.9. The van der Waals surface area contributed by atoms with Gasteiger partial charge in [0.05, 0.1) is 0 Å². The predicted octanol–water partition coefficient (Wildman–Crippen LogP) is 3.18. The second-order valence-corrected chi connectivity index (χ2v) is 6.22. The van der Waals surface area contributed by atoms with Crippen molar-refractivity contribution in [2.75, 3.05) is 13.1 Å². The number of amides is 1. The Hall–Kier alpha value is -1.10. The zero-order chi connectivity index (χ0) is 14.3. The van der Waals surface area contributed by atoms with Gasteiger partial charge in [-0.05, 0) is 48.8 Å². The van der Waals surface area contributed by atoms with Gasteiger partial charge in [-0.3, -0.25) is 4.98 Å². The Kier molecular flexibility index (Phi) is 3.24. The summed E-state index contributed by atoms with van der Waals surface area (Å²) >= 11 is 3.31. The number of hydrogen-bond acceptors (Lipinski definition) is 3. The van der Waals surface area contributed by atoms with Crippen molar-refractivity contribution in [1.82, 2.24) is 9.88 Å². The van der Waals surface area contributed by atoms with Gasteiger partial charge in [0.2, 0.25) is 0 Å². The second-order valence-electron chi connectivity index (χ2n) is 5.30. The van der Waals surface area contributed by atoms with Gasteiger partial charge in [-0.2, -0.15) is 0 Å². The molecule has 1 fully saturated rings. The van der Waals surface area contributed by atoms with Crippen molar-refractivity contribution < 1.29 is 10.9 Å². The third-order valence-electron chi connectivity index (χ3n) is 2.50. The van der Waals surface area contributed by atoms with Crippen LogP contribution < -0.4 is 0 Å². The molecule has 5 heteroatoms. The van der Waals surface area contributed by atoms with Crippen LogP contribution >= 0.6 is 15.9 Å². The summed E-state index contributed by atoms with van der Waals surface area (Å²) in [6.45, 7) is 6.12. The van der Waals surface area contributed by atoms with Crippen molar-refractivity contribution in [3.05, 3.63) is 28.5 Å². The molecular weight excluding hydrogens is 296 g/mol. The van der Waals surface area contributed by atoms with Crippen molar-refractivity contribution in [1.29, 1.82) is 0 Å². The number of rotatable bonds is 1. The fraction of sp³-hybridized carbons (Fsp3) is 0.538. The minimum atomic E-state index is -0.822. The molecular formula is C13H17BrN2O2. The first-order valence-electron chi connectivity index (χ1n) is 6.30. The molecule has 2 heterocycles. The van der Waals surface area contributed by atoms with Crippen LogP contribution in [0.5, 0.6) is 0 Å². The lowest BCUT2D eigenvalue weighted by Gasteiger charge is -2.39. The first kappa shape index (κ1) is 12.0. The summed E-state index contributed by atoms with van der Waals surface area (Å²) in [6, 6.07) is 3.66. The molecule has 0 atom stereocenters. The Balaban J connectivity index is 1.98. The highest BCUT2D eigenvalue weighted by atomic mass is 79.9. The number of hydrogen-bond donors (Lipinski definition) is 0. The molecule has 0 aliphatic carbocycles. The summed E-state index contributed by atoms with van der Waals surface area (Å²) in [6.07, 6.45) is 1.30. The molecule has 1 amide bonds. The third-order valence-corrected chi connectivity index (χ3v) is 2.97. The van der Waals surface area contributed by atoms with Gasteiger partial charge in [-0.25, -0.2) is 4.79 Å². The Morgan fingerprint density at radius 3 is 2.72 bits per heavy atom. The molecule has 0 aromatic carbocycles. The molecule has 2 rings (SSSR count). The van der Waals surface area contributed by atoms with E-state index in [1.807, 2.05) is 32.9 Å². The summed E-state index contributed by atoms with van der Waals surface area (Å²) in [4.78, 5) is 17.6. The molecule has 98 valence electrons. The second kappa shape index (κ2) is 4.88. The first-order valence-corrected chi connectivity index (χ1v) is 6.59. The van der Waals surface area contributed by atoms with E-state index in [0.717, 1.165) is 4.47 Å². The van der Waals surface area contributed by atoms with E-state index in [9.17, 15) is 4.79 Å². The van der Waals surface area contributed by atoms with Crippen LogP contribution in [0.3, 0.4) is 0 Å². The van der Waals surface area contributed by atoms with E-state index in [4.69, 9.17) is 6.11 Å². The minimum absolute atomic E-state index is 0.316. The predicted molar refractivity (Wildman–Crippen MR) is 72.5 cm³/mol. The van der Waals surface area contributed by atoms with E-state index in [0.29, 0.717) is 18.8 Å². The standard InChI is InChI=1S/C13H17BrN2O2/c1-13(2,3)18-12(17)16-7-9(8-16)11-5-4-10(14)6-15-11/h4-6,9H,7-8H2,1-3H3/i9D. The molecule has 1 aromatic heterocycles. The van der Waals surface area contributed by atoms with Gasteiger partial charge in [0, 0.05) is 36.7 Å². The number of likely N-dealkylation sites (tertiary alicyclic amines) is 1. The van der Waals surface area contributed by atoms with Gasteiger partial charge in [-0.1, -0.05) is 0 Å². The molecule has 0 spiro atoms. The number of ether oxygens (including phenoxy) is 1. The molecule has 0 N–H and O–H groups in total. The zero-order valence-corrected chi connectivity index (χ0v) is 12.3. The van der Waals surface area contributed by atoms with E-state index >= 15 is 0 Å². The number of halogens is 1. The van der Waals surface area contributed by atoms with Crippen LogP contribution in [-0.2, 0) is 4.74 Å². The maximum atomic E-state index is 11.8. The largest absolute Gasteiger partial charge is 0.444 e. The lowest BCUT2D eigenvalue weighted by Crippen LogP contribution is -2.50. The fourth-order valence-corrected chi connectivity index (χ4v) is 1.85. The average molecular weight is 314 g/mol. The lowest BCUT2D eigenvalue weighted by atomic mass is 9.96. The maximum Gasteiger partial charge on any atom is 0.410 e. The molecule has 1 aliphatic rings. The van der Waals surface area contributed by atoms with Crippen LogP contribution in [0.2, 0.25) is 0 Å². The quantitative estimate of drug-likeness (QED) is 0.799. The van der Waals surface area contributed by atoms with E-state index in [1.54, 1.807) is 6.20 Å². The lowest BCUT2D eigenvalue weighted by molar-refractivity contribution is 0.00787. The van der Waals surface area contributed by atoms with Crippen molar-refractivity contribution in [2.45, 2.75) is 32.3 Å². The molecule has 0 saturated carbocycles. The molecule has 1 aliphatic heterocycles. The summed E-state index contributed by atoms with van der Waals surface area (Å²) in [7, 11) is 0. The Morgan fingerprint density at radius 1 is 1.56 bits per heavy atom. The third kappa shape index (κ3) is 3.22. The number of carbonyl (C=O) groups excluding carboxylic acids is 1. The Labute approximate surface area is 117 Å². The molecule has 18 heavy (non-hydrogen) atoms. The zero-order valence-electron chi connectivity index (χ0n) is 11.7. The topological polar surface area (TPSA) is 42.4 Å². The molecule has 0 bridgehead atoms. The van der Waals surface area contributed by atoms with Crippen LogP contribution in [0, 0.1) is 0 Å². The molecule has 0 radical (unpaired) electrons. The highest BCUT2D eigenvalue weighted by Gasteiger charge is 2.35. The van der Waals surface area contributed by atoms with Gasteiger partial charge in [0.1, 0.15) is 5.60 Å². The first-order chi connectivity index (χ1) is 8.70. The monoisotopic (exact) mass is 313 g/mol. The summed E-state index contributed by atoms with van der Waals surface area (Å²) in [5.41, 5.74) is 0.170. The van der Waals surface area contributed by atoms with Gasteiger partial charge in [-0.15, -0.1) is 0 Å². The van der Waals surface area contributed by atoms with Gasteiger partial charge < -0.3 is 9.64 Å². The van der Waals surface area contributed by atoms with E-state index in [-0.39, 0.29) is 6.09 Å². The van der Waals surface area contributed by atoms with Crippen LogP contribution in [-0.4, -0.2) is 34.7 Å². The molecule has 0 unspecified atom stereocenters. The van der Waals surface area contributed by atoms with E-state index in [1.165, 1.54) is 4.90 Å².